The van der Waals surface area contributed by atoms with Gasteiger partial charge in [-0.1, -0.05) is 42.5 Å². The van der Waals surface area contributed by atoms with Crippen LogP contribution >= 0.6 is 0 Å². The third-order valence-corrected chi connectivity index (χ3v) is 5.05. The van der Waals surface area contributed by atoms with Crippen LogP contribution in [0.5, 0.6) is 0 Å². The summed E-state index contributed by atoms with van der Waals surface area (Å²) in [6, 6.07) is 20.9. The molecule has 2 N–H and O–H groups in total. The topological polar surface area (TPSA) is 136 Å². The molecule has 4 aromatic rings. The van der Waals surface area contributed by atoms with Gasteiger partial charge in [-0.05, 0) is 29.8 Å². The molecular weight excluding hydrogens is 438 g/mol. The monoisotopic (exact) mass is 457 g/mol. The van der Waals surface area contributed by atoms with E-state index in [1.54, 1.807) is 24.3 Å². The van der Waals surface area contributed by atoms with Crippen molar-refractivity contribution in [3.05, 3.63) is 116 Å². The van der Waals surface area contributed by atoms with Crippen LogP contribution in [0.15, 0.2) is 83.7 Å². The van der Waals surface area contributed by atoms with Crippen molar-refractivity contribution in [1.82, 2.24) is 15.0 Å². The van der Waals surface area contributed by atoms with Crippen LogP contribution in [0.2, 0.25) is 0 Å². The van der Waals surface area contributed by atoms with Crippen molar-refractivity contribution in [2.75, 3.05) is 5.43 Å². The lowest BCUT2D eigenvalue weighted by Gasteiger charge is -2.14. The lowest BCUT2D eigenvalue weighted by atomic mass is 10.2. The Morgan fingerprint density at radius 2 is 1.62 bits per heavy atom. The van der Waals surface area contributed by atoms with Crippen molar-refractivity contribution in [2.45, 2.75) is 13.0 Å². The predicted molar refractivity (Wildman–Crippen MR) is 125 cm³/mol. The Hall–Kier alpha value is -4.86. The highest BCUT2D eigenvalue weighted by atomic mass is 16.6. The minimum atomic E-state index is -0.681. The molecule has 0 aliphatic rings. The van der Waals surface area contributed by atoms with Crippen molar-refractivity contribution in [3.8, 4) is 0 Å². The summed E-state index contributed by atoms with van der Waals surface area (Å²) in [6.07, 6.45) is -0.256. The van der Waals surface area contributed by atoms with Crippen molar-refractivity contribution in [3.63, 3.8) is 0 Å². The van der Waals surface area contributed by atoms with Crippen molar-refractivity contribution in [2.24, 2.45) is 0 Å². The molecule has 1 aromatic heterocycles. The highest BCUT2D eigenvalue weighted by Gasteiger charge is 2.17. The molecule has 3 aromatic carbocycles. The highest BCUT2D eigenvalue weighted by molar-refractivity contribution is 6.00. The summed E-state index contributed by atoms with van der Waals surface area (Å²) in [5.41, 5.74) is 3.15. The van der Waals surface area contributed by atoms with Gasteiger partial charge < -0.3 is 5.32 Å². The summed E-state index contributed by atoms with van der Waals surface area (Å²) in [7, 11) is 0. The quantitative estimate of drug-likeness (QED) is 0.323. The van der Waals surface area contributed by atoms with Crippen LogP contribution in [0.4, 0.5) is 5.69 Å². The number of carbonyl (C=O) groups is 2. The fraction of sp³-hybridized carbons (Fsp3) is 0.0833. The number of hydrogen-bond acceptors (Lipinski definition) is 6. The summed E-state index contributed by atoms with van der Waals surface area (Å²) in [4.78, 5) is 53.2. The smallest absolute Gasteiger partial charge is 0.280 e. The van der Waals surface area contributed by atoms with E-state index in [1.165, 1.54) is 24.3 Å². The van der Waals surface area contributed by atoms with Crippen LogP contribution in [0.1, 0.15) is 21.7 Å². The molecule has 0 radical (unpaired) electrons. The average molecular weight is 457 g/mol. The first kappa shape index (κ1) is 22.3. The van der Waals surface area contributed by atoms with Gasteiger partial charge in [-0.3, -0.25) is 29.9 Å². The molecule has 0 saturated heterocycles. The Kier molecular flexibility index (Phi) is 6.40. The first-order valence-electron chi connectivity index (χ1n) is 10.3. The molecule has 0 unspecified atom stereocenters. The van der Waals surface area contributed by atoms with E-state index in [-0.39, 0.29) is 34.8 Å². The summed E-state index contributed by atoms with van der Waals surface area (Å²) < 4.78 is 0.939. The second kappa shape index (κ2) is 9.74. The molecule has 2 amide bonds. The maximum Gasteiger partial charge on any atom is 0.280 e. The molecule has 34 heavy (non-hydrogen) atoms. The van der Waals surface area contributed by atoms with Crippen LogP contribution in [0.3, 0.4) is 0 Å². The van der Waals surface area contributed by atoms with Gasteiger partial charge >= 0.3 is 0 Å². The van der Waals surface area contributed by atoms with E-state index in [0.29, 0.717) is 12.1 Å². The zero-order chi connectivity index (χ0) is 24.1. The summed E-state index contributed by atoms with van der Waals surface area (Å²) in [5, 5.41) is 13.9. The molecule has 1 heterocycles. The zero-order valence-electron chi connectivity index (χ0n) is 17.8. The second-order valence-electron chi connectivity index (χ2n) is 7.37. The highest BCUT2D eigenvalue weighted by Crippen LogP contribution is 2.13. The molecule has 0 aliphatic carbocycles. The van der Waals surface area contributed by atoms with E-state index >= 15 is 0 Å². The zero-order valence-corrected chi connectivity index (χ0v) is 17.8. The number of amides is 2. The third kappa shape index (κ3) is 4.96. The number of hydrogen-bond donors (Lipinski definition) is 2. The van der Waals surface area contributed by atoms with Gasteiger partial charge in [0.25, 0.3) is 17.2 Å². The normalized spacial score (nSPS) is 10.6. The van der Waals surface area contributed by atoms with Gasteiger partial charge in [0, 0.05) is 24.2 Å². The molecule has 0 spiro atoms. The molecule has 0 aliphatic heterocycles. The van der Waals surface area contributed by atoms with Crippen molar-refractivity contribution < 1.29 is 14.5 Å². The largest absolute Gasteiger partial charge is 0.352 e. The maximum absolute atomic E-state index is 13.1. The van der Waals surface area contributed by atoms with Gasteiger partial charge in [0.2, 0.25) is 5.91 Å². The number of aromatic nitrogens is 2. The van der Waals surface area contributed by atoms with E-state index in [0.717, 1.165) is 10.2 Å². The number of nitro groups is 1. The van der Waals surface area contributed by atoms with Gasteiger partial charge in [0.15, 0.2) is 0 Å². The Morgan fingerprint density at radius 1 is 0.941 bits per heavy atom. The first-order valence-corrected chi connectivity index (χ1v) is 10.3. The Balaban J connectivity index is 1.61. The second-order valence-corrected chi connectivity index (χ2v) is 7.37. The molecule has 0 saturated carbocycles. The van der Waals surface area contributed by atoms with Crippen LogP contribution in [-0.4, -0.2) is 26.4 Å². The van der Waals surface area contributed by atoms with Gasteiger partial charge in [-0.2, -0.15) is 0 Å². The minimum absolute atomic E-state index is 0.0459. The van der Waals surface area contributed by atoms with Crippen LogP contribution < -0.4 is 16.3 Å². The van der Waals surface area contributed by atoms with E-state index < -0.39 is 16.4 Å². The molecule has 0 bridgehead atoms. The molecule has 10 heteroatoms. The van der Waals surface area contributed by atoms with E-state index in [1.807, 2.05) is 30.3 Å². The number of para-hydroxylation sites is 1. The summed E-state index contributed by atoms with van der Waals surface area (Å²) in [5.74, 6) is -1.02. The Labute approximate surface area is 193 Å². The number of benzene rings is 3. The van der Waals surface area contributed by atoms with Gasteiger partial charge in [-0.15, -0.1) is 0 Å². The molecular formula is C24H19N5O5. The number of rotatable bonds is 7. The Bertz CT molecular complexity index is 1430. The number of non-ortho nitro benzene ring substituents is 1. The predicted octanol–water partition coefficient (Wildman–Crippen LogP) is 2.55. The van der Waals surface area contributed by atoms with Gasteiger partial charge in [-0.25, -0.2) is 9.66 Å². The van der Waals surface area contributed by atoms with E-state index in [2.05, 4.69) is 15.7 Å². The van der Waals surface area contributed by atoms with E-state index in [9.17, 15) is 24.5 Å². The number of nitrogens with one attached hydrogen (secondary N) is 2. The van der Waals surface area contributed by atoms with Crippen molar-refractivity contribution >= 4 is 28.4 Å². The number of nitrogens with zero attached hydrogens (tertiary/aromatic N) is 3. The first-order chi connectivity index (χ1) is 16.4. The summed E-state index contributed by atoms with van der Waals surface area (Å²) >= 11 is 0. The van der Waals surface area contributed by atoms with Crippen molar-refractivity contribution in [1.29, 1.82) is 0 Å². The van der Waals surface area contributed by atoms with Gasteiger partial charge in [0.05, 0.1) is 22.2 Å². The van der Waals surface area contributed by atoms with Crippen LogP contribution in [0, 0.1) is 10.1 Å². The SMILES string of the molecule is O=C(Cc1nc2ccccc2c(=O)n1NC(=O)c1ccc([N+](=O)[O-])cc1)NCc1ccccc1. The number of fused-ring (bicyclic) bond motifs is 1. The fourth-order valence-electron chi connectivity index (χ4n) is 3.32. The number of carbonyl (C=O) groups excluding carboxylic acids is 2. The van der Waals surface area contributed by atoms with E-state index in [4.69, 9.17) is 0 Å². The standard InChI is InChI=1S/C24H19N5O5/c30-22(25-15-16-6-2-1-3-7-16)14-21-26-20-9-5-4-8-19(20)24(32)28(21)27-23(31)17-10-12-18(13-11-17)29(33)34/h1-13H,14-15H2,(H,25,30)(H,27,31). The van der Waals surface area contributed by atoms with Crippen LogP contribution in [0.25, 0.3) is 10.9 Å². The molecule has 0 atom stereocenters. The molecule has 4 rings (SSSR count). The Morgan fingerprint density at radius 3 is 2.32 bits per heavy atom. The average Bonchev–Trinajstić information content (AvgIpc) is 2.85. The lowest BCUT2D eigenvalue weighted by Crippen LogP contribution is -2.38. The summed E-state index contributed by atoms with van der Waals surface area (Å²) in [6.45, 7) is 0.298. The van der Waals surface area contributed by atoms with Crippen LogP contribution in [-0.2, 0) is 17.8 Å². The molecule has 0 fully saturated rings. The fourth-order valence-corrected chi connectivity index (χ4v) is 3.32. The molecule has 170 valence electrons. The third-order valence-electron chi connectivity index (χ3n) is 5.05. The minimum Gasteiger partial charge on any atom is -0.352 e. The maximum atomic E-state index is 13.1. The number of nitro benzene ring substituents is 1. The molecule has 10 nitrogen and oxygen atoms in total. The van der Waals surface area contributed by atoms with Gasteiger partial charge in [0.1, 0.15) is 5.82 Å². The lowest BCUT2D eigenvalue weighted by molar-refractivity contribution is -0.384.